The Bertz CT molecular complexity index is 336. The minimum Gasteiger partial charge on any atom is -0.459 e. The molecule has 1 heterocycles. The highest BCUT2D eigenvalue weighted by Gasteiger charge is 2.26. The van der Waals surface area contributed by atoms with Crippen molar-refractivity contribution in [3.05, 3.63) is 0 Å². The molecule has 1 rings (SSSR count). The van der Waals surface area contributed by atoms with Gasteiger partial charge in [-0.1, -0.05) is 12.2 Å². The molecule has 1 saturated heterocycles. The van der Waals surface area contributed by atoms with E-state index < -0.39 is 11.6 Å². The van der Waals surface area contributed by atoms with Crippen LogP contribution in [0.5, 0.6) is 0 Å². The molecular weight excluding hydrogens is 240 g/mol. The number of carbonyl (C=O) groups excluding carboxylic acids is 2. The Labute approximate surface area is 106 Å². The molecule has 0 aromatic heterocycles. The molecule has 0 saturated carbocycles. The van der Waals surface area contributed by atoms with Gasteiger partial charge in [-0.15, -0.1) is 0 Å². The molecule has 1 atom stereocenters. The maximum absolute atomic E-state index is 11.6. The number of amides is 1. The van der Waals surface area contributed by atoms with Gasteiger partial charge in [0.15, 0.2) is 0 Å². The molecule has 0 aliphatic carbocycles. The van der Waals surface area contributed by atoms with Crippen LogP contribution < -0.4 is 10.6 Å². The summed E-state index contributed by atoms with van der Waals surface area (Å²) < 4.78 is 5.07. The monoisotopic (exact) mass is 258 g/mol. The van der Waals surface area contributed by atoms with Crippen LogP contribution in [0.2, 0.25) is 0 Å². The van der Waals surface area contributed by atoms with Crippen molar-refractivity contribution in [2.24, 2.45) is 0 Å². The first-order valence-corrected chi connectivity index (χ1v) is 5.93. The van der Waals surface area contributed by atoms with Gasteiger partial charge in [0.05, 0.1) is 6.04 Å². The van der Waals surface area contributed by atoms with Crippen LogP contribution in [0.4, 0.5) is 0 Å². The van der Waals surface area contributed by atoms with Gasteiger partial charge in [0.1, 0.15) is 12.1 Å². The van der Waals surface area contributed by atoms with Crippen molar-refractivity contribution in [1.82, 2.24) is 10.6 Å². The van der Waals surface area contributed by atoms with E-state index in [0.29, 0.717) is 13.0 Å². The quantitative estimate of drug-likeness (QED) is 0.558. The van der Waals surface area contributed by atoms with E-state index in [4.69, 9.17) is 17.0 Å². The van der Waals surface area contributed by atoms with Crippen LogP contribution in [-0.4, -0.2) is 41.5 Å². The van der Waals surface area contributed by atoms with Gasteiger partial charge in [0.25, 0.3) is 0 Å². The minimum absolute atomic E-state index is 0.110. The summed E-state index contributed by atoms with van der Waals surface area (Å²) in [6, 6.07) is -0.315. The lowest BCUT2D eigenvalue weighted by molar-refractivity contribution is -0.154. The second kappa shape index (κ2) is 5.55. The van der Waals surface area contributed by atoms with E-state index in [1.165, 1.54) is 0 Å². The van der Waals surface area contributed by atoms with E-state index in [-0.39, 0.29) is 18.5 Å². The molecule has 0 aromatic rings. The molecular formula is C11H18N2O3S. The number of hydrogen-bond acceptors (Lipinski definition) is 5. The van der Waals surface area contributed by atoms with Crippen LogP contribution in [0.15, 0.2) is 0 Å². The highest BCUT2D eigenvalue weighted by atomic mass is 32.1. The second-order valence-electron chi connectivity index (χ2n) is 4.98. The number of thiocarbonyl (C=S) groups is 1. The summed E-state index contributed by atoms with van der Waals surface area (Å²) in [5.74, 6) is -0.651. The van der Waals surface area contributed by atoms with Gasteiger partial charge < -0.3 is 15.4 Å². The van der Waals surface area contributed by atoms with Crippen molar-refractivity contribution in [2.75, 3.05) is 13.1 Å². The molecule has 5 nitrogen and oxygen atoms in total. The summed E-state index contributed by atoms with van der Waals surface area (Å²) in [4.78, 5) is 23.8. The zero-order valence-electron chi connectivity index (χ0n) is 10.3. The Kier molecular flexibility index (Phi) is 4.59. The van der Waals surface area contributed by atoms with E-state index >= 15 is 0 Å². The first-order valence-electron chi connectivity index (χ1n) is 5.52. The first kappa shape index (κ1) is 14.1. The summed E-state index contributed by atoms with van der Waals surface area (Å²) in [6.07, 6.45) is 0.551. The summed E-state index contributed by atoms with van der Waals surface area (Å²) >= 11 is 4.99. The average Bonchev–Trinajstić information content (AvgIpc) is 2.58. The summed E-state index contributed by atoms with van der Waals surface area (Å²) in [5, 5.41) is 5.50. The maximum Gasteiger partial charge on any atom is 0.325 e. The fourth-order valence-corrected chi connectivity index (χ4v) is 1.70. The van der Waals surface area contributed by atoms with Gasteiger partial charge in [0, 0.05) is 17.8 Å². The fourth-order valence-electron chi connectivity index (χ4n) is 1.45. The molecule has 0 aromatic carbocycles. The Morgan fingerprint density at radius 1 is 1.53 bits per heavy atom. The van der Waals surface area contributed by atoms with Crippen molar-refractivity contribution >= 4 is 29.0 Å². The van der Waals surface area contributed by atoms with Crippen LogP contribution in [0.3, 0.4) is 0 Å². The van der Waals surface area contributed by atoms with Gasteiger partial charge >= 0.3 is 5.97 Å². The highest BCUT2D eigenvalue weighted by Crippen LogP contribution is 2.06. The van der Waals surface area contributed by atoms with E-state index in [1.807, 2.05) is 0 Å². The Morgan fingerprint density at radius 3 is 2.65 bits per heavy atom. The topological polar surface area (TPSA) is 67.4 Å². The number of hydrogen-bond donors (Lipinski definition) is 2. The Hall–Kier alpha value is -1.01. The van der Waals surface area contributed by atoms with Crippen molar-refractivity contribution in [2.45, 2.75) is 38.8 Å². The number of nitrogens with one attached hydrogen (secondary N) is 2. The molecule has 6 heteroatoms. The van der Waals surface area contributed by atoms with Crippen molar-refractivity contribution in [3.63, 3.8) is 0 Å². The minimum atomic E-state index is -0.533. The van der Waals surface area contributed by atoms with Crippen LogP contribution in [0.1, 0.15) is 27.2 Å². The van der Waals surface area contributed by atoms with E-state index in [1.54, 1.807) is 20.8 Å². The summed E-state index contributed by atoms with van der Waals surface area (Å²) in [5.41, 5.74) is -0.533. The predicted molar refractivity (Wildman–Crippen MR) is 67.9 cm³/mol. The normalized spacial score (nSPS) is 20.2. The summed E-state index contributed by atoms with van der Waals surface area (Å²) in [7, 11) is 0. The smallest absolute Gasteiger partial charge is 0.325 e. The Balaban J connectivity index is 2.29. The third-order valence-corrected chi connectivity index (χ3v) is 2.43. The van der Waals surface area contributed by atoms with Gasteiger partial charge in [-0.05, 0) is 20.8 Å². The van der Waals surface area contributed by atoms with Crippen LogP contribution >= 0.6 is 12.2 Å². The molecule has 17 heavy (non-hydrogen) atoms. The number of esters is 1. The zero-order valence-corrected chi connectivity index (χ0v) is 11.1. The lowest BCUT2D eigenvalue weighted by Gasteiger charge is -2.20. The third-order valence-electron chi connectivity index (χ3n) is 2.12. The SMILES string of the molecule is CC(C)(C)OC(=O)CNC(=O)[C@H]1CC(=S)CN1. The molecule has 1 aliphatic rings. The van der Waals surface area contributed by atoms with E-state index in [2.05, 4.69) is 10.6 Å². The molecule has 1 fully saturated rings. The number of ether oxygens (including phenoxy) is 1. The molecule has 1 aliphatic heterocycles. The second-order valence-corrected chi connectivity index (χ2v) is 5.56. The third kappa shape index (κ3) is 5.23. The van der Waals surface area contributed by atoms with Crippen LogP contribution in [0, 0.1) is 0 Å². The van der Waals surface area contributed by atoms with Gasteiger partial charge in [-0.2, -0.15) is 0 Å². The standard InChI is InChI=1S/C11H18N2O3S/c1-11(2,3)16-9(14)6-13-10(15)8-4-7(17)5-12-8/h8,12H,4-6H2,1-3H3,(H,13,15)/t8-/m1/s1. The van der Waals surface area contributed by atoms with Crippen molar-refractivity contribution in [1.29, 1.82) is 0 Å². The lowest BCUT2D eigenvalue weighted by atomic mass is 10.2. The first-order chi connectivity index (χ1) is 7.78. The van der Waals surface area contributed by atoms with Gasteiger partial charge in [-0.3, -0.25) is 9.59 Å². The molecule has 0 bridgehead atoms. The molecule has 0 radical (unpaired) electrons. The van der Waals surface area contributed by atoms with Crippen LogP contribution in [0.25, 0.3) is 0 Å². The highest BCUT2D eigenvalue weighted by molar-refractivity contribution is 7.80. The van der Waals surface area contributed by atoms with Gasteiger partial charge in [0.2, 0.25) is 5.91 Å². The summed E-state index contributed by atoms with van der Waals surface area (Å²) in [6.45, 7) is 5.82. The van der Waals surface area contributed by atoms with E-state index in [9.17, 15) is 9.59 Å². The largest absolute Gasteiger partial charge is 0.459 e. The number of carbonyl (C=O) groups is 2. The van der Waals surface area contributed by atoms with Gasteiger partial charge in [-0.25, -0.2) is 0 Å². The average molecular weight is 258 g/mol. The van der Waals surface area contributed by atoms with Crippen molar-refractivity contribution in [3.8, 4) is 0 Å². The molecule has 0 unspecified atom stereocenters. The van der Waals surface area contributed by atoms with E-state index in [0.717, 1.165) is 4.86 Å². The predicted octanol–water partition coefficient (Wildman–Crippen LogP) is 0.176. The molecule has 1 amide bonds. The van der Waals surface area contributed by atoms with Crippen LogP contribution in [-0.2, 0) is 14.3 Å². The lowest BCUT2D eigenvalue weighted by Crippen LogP contribution is -2.43. The maximum atomic E-state index is 11.6. The number of rotatable bonds is 3. The zero-order chi connectivity index (χ0) is 13.1. The van der Waals surface area contributed by atoms with Crippen molar-refractivity contribution < 1.29 is 14.3 Å². The molecule has 2 N–H and O–H groups in total. The Morgan fingerprint density at radius 2 is 2.18 bits per heavy atom. The molecule has 0 spiro atoms. The fraction of sp³-hybridized carbons (Fsp3) is 0.727. The molecule has 96 valence electrons.